The number of allylic oxidation sites excluding steroid dienone is 4. The second kappa shape index (κ2) is 8.77. The molecule has 0 amide bonds. The highest BCUT2D eigenvalue weighted by molar-refractivity contribution is 5.82. The first-order chi connectivity index (χ1) is 17.8. The number of hydrazine groups is 1. The van der Waals surface area contributed by atoms with Crippen LogP contribution in [0.5, 0.6) is 11.5 Å². The molecule has 0 unspecified atom stereocenters. The minimum atomic E-state index is -0.0103. The lowest BCUT2D eigenvalue weighted by Gasteiger charge is -2.28. The molecule has 0 atom stereocenters. The average Bonchev–Trinajstić information content (AvgIpc) is 3.41. The van der Waals surface area contributed by atoms with E-state index in [0.717, 1.165) is 36.0 Å². The Balaban J connectivity index is 1.33. The van der Waals surface area contributed by atoms with Crippen LogP contribution < -0.4 is 19.5 Å². The van der Waals surface area contributed by atoms with Gasteiger partial charge in [-0.3, -0.25) is 10.0 Å². The molecule has 0 fully saturated rings. The number of para-hydroxylation sites is 2. The topological polar surface area (TPSA) is 22.2 Å². The predicted octanol–water partition coefficient (Wildman–Crippen LogP) is 7.72. The molecular formula is C32H34N4O. The average molecular weight is 491 g/mol. The number of hydrogen-bond acceptors (Lipinski definition) is 5. The molecule has 0 bridgehead atoms. The SMILES string of the molecule is CN1CN(c2cc(Oc3cccc(N4C=C5CC=CC=C5N4C)c3)cc(C(C)(C)C)c2)c2ccccc21. The summed E-state index contributed by atoms with van der Waals surface area (Å²) in [5.41, 5.74) is 8.49. The van der Waals surface area contributed by atoms with Gasteiger partial charge in [0, 0.05) is 38.1 Å². The maximum Gasteiger partial charge on any atom is 0.129 e. The Morgan fingerprint density at radius 2 is 1.59 bits per heavy atom. The maximum absolute atomic E-state index is 6.55. The third kappa shape index (κ3) is 4.25. The van der Waals surface area contributed by atoms with Gasteiger partial charge in [-0.25, -0.2) is 0 Å². The number of fused-ring (bicyclic) bond motifs is 2. The molecule has 3 aromatic carbocycles. The van der Waals surface area contributed by atoms with Crippen LogP contribution in [0.25, 0.3) is 0 Å². The van der Waals surface area contributed by atoms with Gasteiger partial charge in [0.1, 0.15) is 11.5 Å². The van der Waals surface area contributed by atoms with Crippen LogP contribution in [0.4, 0.5) is 22.7 Å². The van der Waals surface area contributed by atoms with Crippen molar-refractivity contribution in [2.45, 2.75) is 32.6 Å². The van der Waals surface area contributed by atoms with Crippen molar-refractivity contribution in [3.05, 3.63) is 108 Å². The number of likely N-dealkylation sites (N-methyl/N-ethyl adjacent to an activating group) is 1. The second-order valence-corrected chi connectivity index (χ2v) is 11.0. The number of rotatable bonds is 4. The van der Waals surface area contributed by atoms with E-state index in [4.69, 9.17) is 4.74 Å². The number of hydrogen-bond donors (Lipinski definition) is 0. The molecule has 0 spiro atoms. The Labute approximate surface area is 220 Å². The standard InChI is InChI=1S/C32H34N4O/c1-32(2,3)24-17-26(35-22-33(4)30-15-8-9-16-31(30)35)20-28(18-24)37-27-13-10-12-25(19-27)36-21-23-11-6-7-14-29(23)34(36)5/h6-10,12-21H,11,22H2,1-5H3. The van der Waals surface area contributed by atoms with E-state index in [1.54, 1.807) is 0 Å². The van der Waals surface area contributed by atoms with Gasteiger partial charge in [-0.2, -0.15) is 0 Å². The van der Waals surface area contributed by atoms with E-state index in [0.29, 0.717) is 0 Å². The van der Waals surface area contributed by atoms with Gasteiger partial charge in [-0.1, -0.05) is 51.1 Å². The van der Waals surface area contributed by atoms with Crippen LogP contribution in [0.2, 0.25) is 0 Å². The van der Waals surface area contributed by atoms with Gasteiger partial charge in [0.2, 0.25) is 0 Å². The quantitative estimate of drug-likeness (QED) is 0.372. The molecule has 2 heterocycles. The van der Waals surface area contributed by atoms with Gasteiger partial charge in [0.15, 0.2) is 0 Å². The van der Waals surface area contributed by atoms with E-state index in [-0.39, 0.29) is 5.41 Å². The highest BCUT2D eigenvalue weighted by atomic mass is 16.5. The van der Waals surface area contributed by atoms with E-state index < -0.39 is 0 Å². The molecule has 0 radical (unpaired) electrons. The number of nitrogens with zero attached hydrogens (tertiary/aromatic N) is 4. The molecule has 37 heavy (non-hydrogen) atoms. The molecule has 3 aliphatic rings. The number of benzene rings is 3. The van der Waals surface area contributed by atoms with Crippen molar-refractivity contribution < 1.29 is 4.74 Å². The zero-order valence-corrected chi connectivity index (χ0v) is 22.3. The first kappa shape index (κ1) is 23.3. The predicted molar refractivity (Wildman–Crippen MR) is 154 cm³/mol. The Kier molecular flexibility index (Phi) is 5.52. The summed E-state index contributed by atoms with van der Waals surface area (Å²) >= 11 is 0. The maximum atomic E-state index is 6.55. The largest absolute Gasteiger partial charge is 0.457 e. The lowest BCUT2D eigenvalue weighted by molar-refractivity contribution is 0.449. The summed E-state index contributed by atoms with van der Waals surface area (Å²) in [5, 5.41) is 4.38. The van der Waals surface area contributed by atoms with Crippen molar-refractivity contribution in [1.82, 2.24) is 5.01 Å². The van der Waals surface area contributed by atoms with Gasteiger partial charge in [0.25, 0.3) is 0 Å². The van der Waals surface area contributed by atoms with Gasteiger partial charge >= 0.3 is 0 Å². The van der Waals surface area contributed by atoms with E-state index in [9.17, 15) is 0 Å². The van der Waals surface area contributed by atoms with Crippen LogP contribution in [0.15, 0.2) is 102 Å². The van der Waals surface area contributed by atoms with Crippen LogP contribution in [0.3, 0.4) is 0 Å². The molecule has 188 valence electrons. The minimum absolute atomic E-state index is 0.0103. The molecule has 2 aliphatic heterocycles. The molecule has 1 aliphatic carbocycles. The first-order valence-corrected chi connectivity index (χ1v) is 12.9. The Morgan fingerprint density at radius 3 is 2.38 bits per heavy atom. The summed E-state index contributed by atoms with van der Waals surface area (Å²) in [7, 11) is 4.24. The monoisotopic (exact) mass is 490 g/mol. The molecule has 0 aromatic heterocycles. The Morgan fingerprint density at radius 1 is 0.811 bits per heavy atom. The third-order valence-corrected chi connectivity index (χ3v) is 7.33. The van der Waals surface area contributed by atoms with Crippen molar-refractivity contribution in [3.8, 4) is 11.5 Å². The van der Waals surface area contributed by atoms with Crippen molar-refractivity contribution in [3.63, 3.8) is 0 Å². The molecule has 0 N–H and O–H groups in total. The van der Waals surface area contributed by atoms with Gasteiger partial charge in [-0.05, 0) is 65.4 Å². The molecule has 6 rings (SSSR count). The summed E-state index contributed by atoms with van der Waals surface area (Å²) in [6.45, 7) is 7.56. The number of anilines is 4. The fourth-order valence-electron chi connectivity index (χ4n) is 5.26. The van der Waals surface area contributed by atoms with Crippen LogP contribution >= 0.6 is 0 Å². The van der Waals surface area contributed by atoms with E-state index in [1.165, 1.54) is 28.2 Å². The summed E-state index contributed by atoms with van der Waals surface area (Å²) in [4.78, 5) is 4.65. The Hall–Kier alpha value is -4.12. The normalized spacial score (nSPS) is 16.6. The van der Waals surface area contributed by atoms with Crippen LogP contribution in [-0.2, 0) is 5.41 Å². The lowest BCUT2D eigenvalue weighted by atomic mass is 9.86. The van der Waals surface area contributed by atoms with E-state index >= 15 is 0 Å². The summed E-state index contributed by atoms with van der Waals surface area (Å²) in [6.07, 6.45) is 9.67. The molecule has 5 nitrogen and oxygen atoms in total. The summed E-state index contributed by atoms with van der Waals surface area (Å²) < 4.78 is 6.55. The smallest absolute Gasteiger partial charge is 0.129 e. The van der Waals surface area contributed by atoms with Crippen LogP contribution in [0, 0.1) is 0 Å². The minimum Gasteiger partial charge on any atom is -0.457 e. The zero-order chi connectivity index (χ0) is 25.7. The lowest BCUT2D eigenvalue weighted by Crippen LogP contribution is -2.30. The highest BCUT2D eigenvalue weighted by Gasteiger charge is 2.27. The van der Waals surface area contributed by atoms with Crippen molar-refractivity contribution in [2.75, 3.05) is 35.6 Å². The van der Waals surface area contributed by atoms with Gasteiger partial charge < -0.3 is 14.5 Å². The van der Waals surface area contributed by atoms with Crippen LogP contribution in [0.1, 0.15) is 32.8 Å². The fourth-order valence-corrected chi connectivity index (χ4v) is 5.26. The summed E-state index contributed by atoms with van der Waals surface area (Å²) in [5.74, 6) is 1.67. The highest BCUT2D eigenvalue weighted by Crippen LogP contribution is 2.43. The van der Waals surface area contributed by atoms with Crippen molar-refractivity contribution in [2.24, 2.45) is 0 Å². The van der Waals surface area contributed by atoms with Crippen molar-refractivity contribution >= 4 is 22.7 Å². The summed E-state index contributed by atoms with van der Waals surface area (Å²) in [6, 6.07) is 23.5. The molecule has 5 heteroatoms. The van der Waals surface area contributed by atoms with Crippen molar-refractivity contribution in [1.29, 1.82) is 0 Å². The second-order valence-electron chi connectivity index (χ2n) is 11.0. The molecule has 3 aromatic rings. The molecular weight excluding hydrogens is 456 g/mol. The van der Waals surface area contributed by atoms with E-state index in [1.807, 2.05) is 6.07 Å². The van der Waals surface area contributed by atoms with Gasteiger partial charge in [0.05, 0.1) is 29.4 Å². The van der Waals surface area contributed by atoms with Gasteiger partial charge in [-0.15, -0.1) is 0 Å². The zero-order valence-electron chi connectivity index (χ0n) is 22.3. The van der Waals surface area contributed by atoms with E-state index in [2.05, 4.69) is 140 Å². The number of ether oxygens (including phenoxy) is 1. The first-order valence-electron chi connectivity index (χ1n) is 12.9. The molecule has 0 saturated carbocycles. The molecule has 0 saturated heterocycles. The van der Waals surface area contributed by atoms with Crippen LogP contribution in [-0.4, -0.2) is 25.8 Å². The fraction of sp³-hybridized carbons (Fsp3) is 0.250. The third-order valence-electron chi connectivity index (χ3n) is 7.33. The Bertz CT molecular complexity index is 1450.